The molecule has 0 aliphatic carbocycles. The number of rotatable bonds is 4. The summed E-state index contributed by atoms with van der Waals surface area (Å²) in [6.45, 7) is 0. The topological polar surface area (TPSA) is 73.8 Å². The molecule has 0 spiro atoms. The molecule has 0 saturated carbocycles. The van der Waals surface area contributed by atoms with Gasteiger partial charge < -0.3 is 0 Å². The maximum atomic E-state index is 10.9. The Hall–Kier alpha value is -1.66. The number of nitro groups is 1. The van der Waals surface area contributed by atoms with E-state index in [0.29, 0.717) is 28.7 Å². The van der Waals surface area contributed by atoms with E-state index in [1.807, 2.05) is 0 Å². The van der Waals surface area contributed by atoms with Crippen LogP contribution < -0.4 is 0 Å². The van der Waals surface area contributed by atoms with Gasteiger partial charge in [0.1, 0.15) is 5.69 Å². The van der Waals surface area contributed by atoms with Crippen LogP contribution in [0.1, 0.15) is 5.69 Å². The first-order chi connectivity index (χ1) is 8.61. The first kappa shape index (κ1) is 12.8. The van der Waals surface area contributed by atoms with Crippen LogP contribution in [0, 0.1) is 10.1 Å². The molecule has 1 aromatic heterocycles. The molecule has 0 atom stereocenters. The van der Waals surface area contributed by atoms with Crippen LogP contribution in [0.4, 0.5) is 5.69 Å². The summed E-state index contributed by atoms with van der Waals surface area (Å²) in [6.07, 6.45) is 2.17. The molecule has 0 unspecified atom stereocenters. The number of alkyl halides is 1. The van der Waals surface area contributed by atoms with Gasteiger partial charge in [-0.3, -0.25) is 10.1 Å². The lowest BCUT2D eigenvalue weighted by Crippen LogP contribution is -2.00. The second kappa shape index (κ2) is 5.32. The summed E-state index contributed by atoms with van der Waals surface area (Å²) >= 11 is 11.3. The molecule has 1 heterocycles. The molecule has 18 heavy (non-hydrogen) atoms. The monoisotopic (exact) mass is 286 g/mol. The highest BCUT2D eigenvalue weighted by Gasteiger charge is 2.17. The highest BCUT2D eigenvalue weighted by atomic mass is 35.5. The molecular weight excluding hydrogens is 279 g/mol. The Morgan fingerprint density at radius 3 is 2.89 bits per heavy atom. The predicted molar refractivity (Wildman–Crippen MR) is 67.4 cm³/mol. The number of benzene rings is 1. The first-order valence-corrected chi connectivity index (χ1v) is 5.94. The van der Waals surface area contributed by atoms with Gasteiger partial charge in [-0.05, 0) is 12.1 Å². The Kier molecular flexibility index (Phi) is 3.78. The number of aryl methyl sites for hydroxylation is 1. The number of nitro benzene ring substituents is 1. The average Bonchev–Trinajstić information content (AvgIpc) is 2.78. The minimum atomic E-state index is -0.510. The Bertz CT molecular complexity index is 585. The summed E-state index contributed by atoms with van der Waals surface area (Å²) in [5.41, 5.74) is 0.872. The number of hydrogen-bond acceptors (Lipinski definition) is 4. The van der Waals surface area contributed by atoms with Gasteiger partial charge >= 0.3 is 0 Å². The van der Waals surface area contributed by atoms with Gasteiger partial charge in [0.15, 0.2) is 0 Å². The zero-order chi connectivity index (χ0) is 13.1. The minimum Gasteiger partial charge on any atom is -0.258 e. The van der Waals surface area contributed by atoms with Crippen molar-refractivity contribution in [3.8, 4) is 5.69 Å². The summed E-state index contributed by atoms with van der Waals surface area (Å²) in [6, 6.07) is 4.37. The third kappa shape index (κ3) is 2.60. The van der Waals surface area contributed by atoms with Crippen LogP contribution >= 0.6 is 23.2 Å². The largest absolute Gasteiger partial charge is 0.296 e. The molecule has 2 rings (SSSR count). The van der Waals surface area contributed by atoms with Crippen molar-refractivity contribution in [3.05, 3.63) is 45.2 Å². The lowest BCUT2D eigenvalue weighted by Gasteiger charge is -2.01. The summed E-state index contributed by atoms with van der Waals surface area (Å²) in [4.78, 5) is 10.4. The Labute approximate surface area is 112 Å². The molecule has 0 saturated heterocycles. The molecule has 94 valence electrons. The third-order valence-electron chi connectivity index (χ3n) is 2.27. The fourth-order valence-electron chi connectivity index (χ4n) is 1.46. The molecular formula is C10H8Cl2N4O2. The fourth-order valence-corrected chi connectivity index (χ4v) is 1.82. The van der Waals surface area contributed by atoms with Crippen molar-refractivity contribution in [1.29, 1.82) is 0 Å². The Morgan fingerprint density at radius 2 is 2.22 bits per heavy atom. The first-order valence-electron chi connectivity index (χ1n) is 5.03. The third-order valence-corrected chi connectivity index (χ3v) is 2.70. The van der Waals surface area contributed by atoms with Gasteiger partial charge in [0, 0.05) is 23.4 Å². The van der Waals surface area contributed by atoms with E-state index < -0.39 is 4.92 Å². The maximum absolute atomic E-state index is 10.9. The SMILES string of the molecule is O=[N+]([O-])c1cc(Cl)ccc1-n1cc(CCCl)nn1. The van der Waals surface area contributed by atoms with E-state index in [2.05, 4.69) is 10.3 Å². The zero-order valence-electron chi connectivity index (χ0n) is 9.08. The van der Waals surface area contributed by atoms with E-state index in [-0.39, 0.29) is 5.69 Å². The van der Waals surface area contributed by atoms with Gasteiger partial charge in [0.05, 0.1) is 16.8 Å². The minimum absolute atomic E-state index is 0.121. The lowest BCUT2D eigenvalue weighted by atomic mass is 10.2. The Balaban J connectivity index is 2.45. The molecule has 2 aromatic rings. The molecule has 6 nitrogen and oxygen atoms in total. The van der Waals surface area contributed by atoms with E-state index in [1.54, 1.807) is 12.3 Å². The summed E-state index contributed by atoms with van der Waals surface area (Å²) in [7, 11) is 0. The van der Waals surface area contributed by atoms with Crippen molar-refractivity contribution < 1.29 is 4.92 Å². The standard InChI is InChI=1S/C10H8Cl2N4O2/c11-4-3-8-6-15(14-13-8)9-2-1-7(12)5-10(9)16(17)18/h1-2,5-6H,3-4H2. The van der Waals surface area contributed by atoms with E-state index in [9.17, 15) is 10.1 Å². The van der Waals surface area contributed by atoms with Crippen molar-refractivity contribution in [2.24, 2.45) is 0 Å². The summed E-state index contributed by atoms with van der Waals surface area (Å²) < 4.78 is 1.34. The van der Waals surface area contributed by atoms with Crippen molar-refractivity contribution >= 4 is 28.9 Å². The molecule has 1 aromatic carbocycles. The van der Waals surface area contributed by atoms with E-state index in [4.69, 9.17) is 23.2 Å². The second-order valence-electron chi connectivity index (χ2n) is 3.48. The molecule has 0 aliphatic heterocycles. The molecule has 0 bridgehead atoms. The second-order valence-corrected chi connectivity index (χ2v) is 4.30. The van der Waals surface area contributed by atoms with Gasteiger partial charge in [-0.25, -0.2) is 4.68 Å². The quantitative estimate of drug-likeness (QED) is 0.492. The van der Waals surface area contributed by atoms with Crippen LogP contribution in [-0.2, 0) is 6.42 Å². The molecule has 0 amide bonds. The van der Waals surface area contributed by atoms with Gasteiger partial charge in [0.2, 0.25) is 0 Å². The van der Waals surface area contributed by atoms with Crippen molar-refractivity contribution in [3.63, 3.8) is 0 Å². The summed E-state index contributed by atoms with van der Waals surface area (Å²) in [5, 5.41) is 19.0. The smallest absolute Gasteiger partial charge is 0.258 e. The van der Waals surface area contributed by atoms with Crippen LogP contribution in [0.2, 0.25) is 5.02 Å². The van der Waals surface area contributed by atoms with Crippen LogP contribution in [0.15, 0.2) is 24.4 Å². The van der Waals surface area contributed by atoms with Gasteiger partial charge in [-0.2, -0.15) is 0 Å². The van der Waals surface area contributed by atoms with E-state index in [1.165, 1.54) is 16.8 Å². The number of aromatic nitrogens is 3. The lowest BCUT2D eigenvalue weighted by molar-refractivity contribution is -0.384. The molecule has 0 fully saturated rings. The Morgan fingerprint density at radius 1 is 1.44 bits per heavy atom. The summed E-state index contributed by atoms with van der Waals surface area (Å²) in [5.74, 6) is 0.418. The number of hydrogen-bond donors (Lipinski definition) is 0. The normalized spacial score (nSPS) is 10.6. The number of nitrogens with zero attached hydrogens (tertiary/aromatic N) is 4. The fraction of sp³-hybridized carbons (Fsp3) is 0.200. The average molecular weight is 287 g/mol. The molecule has 0 N–H and O–H groups in total. The molecule has 8 heteroatoms. The zero-order valence-corrected chi connectivity index (χ0v) is 10.6. The van der Waals surface area contributed by atoms with Crippen LogP contribution in [0.5, 0.6) is 0 Å². The van der Waals surface area contributed by atoms with Crippen molar-refractivity contribution in [1.82, 2.24) is 15.0 Å². The van der Waals surface area contributed by atoms with Crippen molar-refractivity contribution in [2.75, 3.05) is 5.88 Å². The predicted octanol–water partition coefficient (Wildman–Crippen LogP) is 2.61. The van der Waals surface area contributed by atoms with Crippen LogP contribution in [0.3, 0.4) is 0 Å². The van der Waals surface area contributed by atoms with E-state index >= 15 is 0 Å². The van der Waals surface area contributed by atoms with Crippen LogP contribution in [-0.4, -0.2) is 25.8 Å². The molecule has 0 radical (unpaired) electrons. The van der Waals surface area contributed by atoms with Crippen LogP contribution in [0.25, 0.3) is 5.69 Å². The van der Waals surface area contributed by atoms with Crippen molar-refractivity contribution in [2.45, 2.75) is 6.42 Å². The highest BCUT2D eigenvalue weighted by Crippen LogP contribution is 2.25. The van der Waals surface area contributed by atoms with Gasteiger partial charge in [0.25, 0.3) is 5.69 Å². The molecule has 0 aliphatic rings. The van der Waals surface area contributed by atoms with Gasteiger partial charge in [-0.15, -0.1) is 16.7 Å². The van der Waals surface area contributed by atoms with E-state index in [0.717, 1.165) is 0 Å². The highest BCUT2D eigenvalue weighted by molar-refractivity contribution is 6.30. The maximum Gasteiger partial charge on any atom is 0.296 e. The van der Waals surface area contributed by atoms with Gasteiger partial charge in [-0.1, -0.05) is 16.8 Å². The number of halogens is 2.